The SMILES string of the molecule is CN(C)CC(CCO)C1CCCc2c1[nH]c1ccccc21. The molecule has 0 amide bonds. The molecule has 1 aliphatic rings. The molecule has 0 fully saturated rings. The Bertz CT molecular complexity index is 602. The van der Waals surface area contributed by atoms with Crippen molar-refractivity contribution >= 4 is 10.9 Å². The van der Waals surface area contributed by atoms with Crippen LogP contribution in [0, 0.1) is 5.92 Å². The van der Waals surface area contributed by atoms with Crippen molar-refractivity contribution in [2.75, 3.05) is 27.2 Å². The summed E-state index contributed by atoms with van der Waals surface area (Å²) >= 11 is 0. The van der Waals surface area contributed by atoms with Crippen molar-refractivity contribution in [2.24, 2.45) is 5.92 Å². The maximum absolute atomic E-state index is 9.44. The maximum atomic E-state index is 9.44. The summed E-state index contributed by atoms with van der Waals surface area (Å²) in [5.74, 6) is 1.08. The number of nitrogens with zero attached hydrogens (tertiary/aromatic N) is 1. The second kappa shape index (κ2) is 6.20. The molecule has 3 rings (SSSR count). The third kappa shape index (κ3) is 2.85. The smallest absolute Gasteiger partial charge is 0.0459 e. The van der Waals surface area contributed by atoms with Crippen LogP contribution < -0.4 is 0 Å². The van der Waals surface area contributed by atoms with Crippen LogP contribution in [0.3, 0.4) is 0 Å². The van der Waals surface area contributed by atoms with Crippen LogP contribution in [0.5, 0.6) is 0 Å². The largest absolute Gasteiger partial charge is 0.396 e. The number of fused-ring (bicyclic) bond motifs is 3. The fraction of sp³-hybridized carbons (Fsp3) is 0.556. The molecular formula is C18H26N2O. The molecule has 0 saturated carbocycles. The highest BCUT2D eigenvalue weighted by atomic mass is 16.3. The summed E-state index contributed by atoms with van der Waals surface area (Å²) in [6.07, 6.45) is 4.56. The highest BCUT2D eigenvalue weighted by Gasteiger charge is 2.30. The summed E-state index contributed by atoms with van der Waals surface area (Å²) in [5.41, 5.74) is 4.22. The Kier molecular flexibility index (Phi) is 4.32. The average Bonchev–Trinajstić information content (AvgIpc) is 2.85. The zero-order valence-corrected chi connectivity index (χ0v) is 13.1. The number of aliphatic hydroxyl groups is 1. The highest BCUT2D eigenvalue weighted by molar-refractivity contribution is 5.85. The van der Waals surface area contributed by atoms with Gasteiger partial charge < -0.3 is 15.0 Å². The Morgan fingerprint density at radius 1 is 1.33 bits per heavy atom. The number of nitrogens with one attached hydrogen (secondary N) is 1. The van der Waals surface area contributed by atoms with Gasteiger partial charge in [0.2, 0.25) is 0 Å². The van der Waals surface area contributed by atoms with E-state index in [-0.39, 0.29) is 6.61 Å². The van der Waals surface area contributed by atoms with Crippen molar-refractivity contribution < 1.29 is 5.11 Å². The molecule has 3 heteroatoms. The molecule has 0 spiro atoms. The lowest BCUT2D eigenvalue weighted by Gasteiger charge is -2.32. The van der Waals surface area contributed by atoms with Gasteiger partial charge in [-0.25, -0.2) is 0 Å². The third-order valence-electron chi connectivity index (χ3n) is 4.83. The molecule has 114 valence electrons. The molecule has 21 heavy (non-hydrogen) atoms. The number of para-hydroxylation sites is 1. The first-order chi connectivity index (χ1) is 10.2. The molecule has 2 N–H and O–H groups in total. The number of aromatic amines is 1. The van der Waals surface area contributed by atoms with Crippen LogP contribution in [0.2, 0.25) is 0 Å². The van der Waals surface area contributed by atoms with Gasteiger partial charge in [0.15, 0.2) is 0 Å². The van der Waals surface area contributed by atoms with E-state index in [9.17, 15) is 5.11 Å². The monoisotopic (exact) mass is 286 g/mol. The maximum Gasteiger partial charge on any atom is 0.0459 e. The van der Waals surface area contributed by atoms with E-state index < -0.39 is 0 Å². The quantitative estimate of drug-likeness (QED) is 0.886. The van der Waals surface area contributed by atoms with Crippen LogP contribution in [-0.2, 0) is 6.42 Å². The molecular weight excluding hydrogens is 260 g/mol. The summed E-state index contributed by atoms with van der Waals surface area (Å²) in [4.78, 5) is 5.93. The Labute approximate surface area is 127 Å². The predicted octanol–water partition coefficient (Wildman–Crippen LogP) is 3.15. The van der Waals surface area contributed by atoms with Crippen LogP contribution >= 0.6 is 0 Å². The van der Waals surface area contributed by atoms with E-state index in [1.54, 1.807) is 0 Å². The number of hydrogen-bond donors (Lipinski definition) is 2. The molecule has 0 saturated heterocycles. The fourth-order valence-electron chi connectivity index (χ4n) is 3.98. The number of aromatic nitrogens is 1. The van der Waals surface area contributed by atoms with Crippen molar-refractivity contribution in [3.63, 3.8) is 0 Å². The molecule has 1 aromatic heterocycles. The van der Waals surface area contributed by atoms with E-state index in [0.717, 1.165) is 13.0 Å². The minimum absolute atomic E-state index is 0.282. The van der Waals surface area contributed by atoms with E-state index in [4.69, 9.17) is 0 Å². The van der Waals surface area contributed by atoms with Crippen LogP contribution in [0.1, 0.15) is 36.4 Å². The standard InChI is InChI=1S/C18H26N2O/c1-20(2)12-13(10-11-21)14-7-5-8-16-15-6-3-4-9-17(15)19-18(14)16/h3-4,6,9,13-14,19,21H,5,7-8,10-12H2,1-2H3. The van der Waals surface area contributed by atoms with Crippen molar-refractivity contribution in [1.82, 2.24) is 9.88 Å². The molecule has 1 heterocycles. The lowest BCUT2D eigenvalue weighted by atomic mass is 9.77. The first kappa shape index (κ1) is 14.6. The molecule has 2 aromatic rings. The second-order valence-corrected chi connectivity index (χ2v) is 6.60. The van der Waals surface area contributed by atoms with Gasteiger partial charge in [-0.3, -0.25) is 0 Å². The van der Waals surface area contributed by atoms with Gasteiger partial charge in [-0.05, 0) is 57.3 Å². The average molecular weight is 286 g/mol. The molecule has 3 nitrogen and oxygen atoms in total. The molecule has 1 aromatic carbocycles. The summed E-state index contributed by atoms with van der Waals surface area (Å²) in [6.45, 7) is 1.32. The van der Waals surface area contributed by atoms with Gasteiger partial charge in [0.25, 0.3) is 0 Å². The van der Waals surface area contributed by atoms with Crippen molar-refractivity contribution in [2.45, 2.75) is 31.6 Å². The molecule has 2 atom stereocenters. The molecule has 1 aliphatic carbocycles. The van der Waals surface area contributed by atoms with Crippen molar-refractivity contribution in [1.29, 1.82) is 0 Å². The molecule has 0 radical (unpaired) electrons. The zero-order valence-electron chi connectivity index (χ0n) is 13.1. The molecule has 0 aliphatic heterocycles. The number of rotatable bonds is 5. The van der Waals surface area contributed by atoms with Gasteiger partial charge in [0, 0.05) is 35.7 Å². The first-order valence-electron chi connectivity index (χ1n) is 8.05. The zero-order chi connectivity index (χ0) is 14.8. The van der Waals surface area contributed by atoms with Crippen LogP contribution in [0.15, 0.2) is 24.3 Å². The predicted molar refractivity (Wildman–Crippen MR) is 87.7 cm³/mol. The minimum Gasteiger partial charge on any atom is -0.396 e. The van der Waals surface area contributed by atoms with Crippen LogP contribution in [0.25, 0.3) is 10.9 Å². The fourth-order valence-corrected chi connectivity index (χ4v) is 3.98. The van der Waals surface area contributed by atoms with E-state index in [0.29, 0.717) is 11.8 Å². The van der Waals surface area contributed by atoms with Gasteiger partial charge in [-0.15, -0.1) is 0 Å². The Morgan fingerprint density at radius 3 is 2.90 bits per heavy atom. The lowest BCUT2D eigenvalue weighted by Crippen LogP contribution is -2.29. The number of benzene rings is 1. The normalized spacial score (nSPS) is 19.9. The molecule has 2 unspecified atom stereocenters. The van der Waals surface area contributed by atoms with Crippen LogP contribution in [0.4, 0.5) is 0 Å². The number of hydrogen-bond acceptors (Lipinski definition) is 2. The summed E-state index contributed by atoms with van der Waals surface area (Å²) in [5, 5.41) is 10.8. The minimum atomic E-state index is 0.282. The third-order valence-corrected chi connectivity index (χ3v) is 4.83. The van der Waals surface area contributed by atoms with Gasteiger partial charge in [-0.1, -0.05) is 18.2 Å². The van der Waals surface area contributed by atoms with Crippen molar-refractivity contribution in [3.8, 4) is 0 Å². The summed E-state index contributed by atoms with van der Waals surface area (Å²) in [6, 6.07) is 8.65. The van der Waals surface area contributed by atoms with Gasteiger partial charge in [-0.2, -0.15) is 0 Å². The number of H-pyrrole nitrogens is 1. The summed E-state index contributed by atoms with van der Waals surface area (Å²) < 4.78 is 0. The first-order valence-corrected chi connectivity index (χ1v) is 8.05. The van der Waals surface area contributed by atoms with Crippen LogP contribution in [-0.4, -0.2) is 42.2 Å². The summed E-state index contributed by atoms with van der Waals surface area (Å²) in [7, 11) is 4.25. The number of aryl methyl sites for hydroxylation is 1. The highest BCUT2D eigenvalue weighted by Crippen LogP contribution is 2.41. The van der Waals surface area contributed by atoms with E-state index in [2.05, 4.69) is 48.2 Å². The number of aliphatic hydroxyl groups excluding tert-OH is 1. The van der Waals surface area contributed by atoms with E-state index >= 15 is 0 Å². The van der Waals surface area contributed by atoms with Crippen molar-refractivity contribution in [3.05, 3.63) is 35.5 Å². The van der Waals surface area contributed by atoms with E-state index in [1.807, 2.05) is 0 Å². The second-order valence-electron chi connectivity index (χ2n) is 6.60. The van der Waals surface area contributed by atoms with E-state index in [1.165, 1.54) is 41.4 Å². The lowest BCUT2D eigenvalue weighted by molar-refractivity contribution is 0.201. The Balaban J connectivity index is 1.98. The Morgan fingerprint density at radius 2 is 2.14 bits per heavy atom. The Hall–Kier alpha value is -1.32. The van der Waals surface area contributed by atoms with Gasteiger partial charge in [0.1, 0.15) is 0 Å². The van der Waals surface area contributed by atoms with Gasteiger partial charge in [0.05, 0.1) is 0 Å². The van der Waals surface area contributed by atoms with Gasteiger partial charge >= 0.3 is 0 Å². The topological polar surface area (TPSA) is 39.3 Å². The molecule has 0 bridgehead atoms.